The number of carbonyl (C=O) groups is 2. The first-order valence-corrected chi connectivity index (χ1v) is 14.0. The lowest BCUT2D eigenvalue weighted by molar-refractivity contribution is -0.119. The number of hydrogen-bond donors (Lipinski definition) is 2. The summed E-state index contributed by atoms with van der Waals surface area (Å²) in [5.41, 5.74) is 1.98. The van der Waals surface area contributed by atoms with Crippen LogP contribution in [0.2, 0.25) is 0 Å². The molecule has 2 amide bonds. The molecule has 0 aromatic heterocycles. The van der Waals surface area contributed by atoms with Gasteiger partial charge in [0.25, 0.3) is 0 Å². The normalized spacial score (nSPS) is 16.1. The maximum Gasteiger partial charge on any atom is 0.230 e. The van der Waals surface area contributed by atoms with E-state index in [-0.39, 0.29) is 11.8 Å². The third-order valence-electron chi connectivity index (χ3n) is 5.05. The fraction of sp³-hybridized carbons (Fsp3) is 0.333. The highest BCUT2D eigenvalue weighted by Gasteiger charge is 2.20. The Balaban J connectivity index is 1.03. The molecule has 184 valence electrons. The minimum Gasteiger partial charge on any atom is -0.304 e. The summed E-state index contributed by atoms with van der Waals surface area (Å²) in [4.78, 5) is 33.2. The number of amides is 2. The molecule has 0 unspecified atom stereocenters. The summed E-state index contributed by atoms with van der Waals surface area (Å²) in [7, 11) is 0. The molecule has 0 atom stereocenters. The van der Waals surface area contributed by atoms with Crippen molar-refractivity contribution in [1.29, 1.82) is 0 Å². The van der Waals surface area contributed by atoms with Crippen molar-refractivity contribution in [3.05, 3.63) is 71.8 Å². The number of nitrogens with zero attached hydrogens (tertiary/aromatic N) is 4. The van der Waals surface area contributed by atoms with Gasteiger partial charge in [-0.15, -0.1) is 0 Å². The van der Waals surface area contributed by atoms with Crippen LogP contribution in [0, 0.1) is 0 Å². The molecule has 2 heterocycles. The average Bonchev–Trinajstić information content (AvgIpc) is 3.49. The molecule has 8 nitrogen and oxygen atoms in total. The number of carbonyl (C=O) groups excluding carboxylic acids is 2. The van der Waals surface area contributed by atoms with Gasteiger partial charge in [-0.2, -0.15) is 11.8 Å². The predicted molar refractivity (Wildman–Crippen MR) is 147 cm³/mol. The lowest BCUT2D eigenvalue weighted by Gasteiger charge is -2.14. The SMILES string of the molecule is O=C(Cc1ccccc1)NC1=NCN(CCSCCN2CN=C(NC(=O)Cc3ccccc3)S2)S1. The van der Waals surface area contributed by atoms with E-state index in [1.165, 1.54) is 23.9 Å². The number of thioether (sulfide) groups is 1. The third-order valence-corrected chi connectivity index (χ3v) is 7.92. The lowest BCUT2D eigenvalue weighted by Crippen LogP contribution is -2.29. The second-order valence-corrected chi connectivity index (χ2v) is 11.2. The summed E-state index contributed by atoms with van der Waals surface area (Å²) in [6.45, 7) is 2.96. The molecule has 0 saturated heterocycles. The lowest BCUT2D eigenvalue weighted by atomic mass is 10.1. The van der Waals surface area contributed by atoms with E-state index in [4.69, 9.17) is 0 Å². The minimum absolute atomic E-state index is 0.0420. The van der Waals surface area contributed by atoms with Gasteiger partial charge in [-0.1, -0.05) is 60.7 Å². The topological polar surface area (TPSA) is 89.4 Å². The van der Waals surface area contributed by atoms with E-state index in [0.717, 1.165) is 35.7 Å². The van der Waals surface area contributed by atoms with Gasteiger partial charge in [-0.05, 0) is 35.0 Å². The quantitative estimate of drug-likeness (QED) is 0.362. The van der Waals surface area contributed by atoms with Crippen LogP contribution in [-0.4, -0.2) is 68.7 Å². The molecule has 2 aromatic carbocycles. The smallest absolute Gasteiger partial charge is 0.230 e. The molecule has 0 fully saturated rings. The van der Waals surface area contributed by atoms with E-state index in [9.17, 15) is 9.59 Å². The fourth-order valence-corrected chi connectivity index (χ4v) is 6.10. The summed E-state index contributed by atoms with van der Waals surface area (Å²) in [5.74, 6) is 1.88. The summed E-state index contributed by atoms with van der Waals surface area (Å²) in [6, 6.07) is 19.4. The van der Waals surface area contributed by atoms with E-state index < -0.39 is 0 Å². The molecule has 2 N–H and O–H groups in total. The van der Waals surface area contributed by atoms with Gasteiger partial charge in [-0.3, -0.25) is 9.59 Å². The van der Waals surface area contributed by atoms with Gasteiger partial charge >= 0.3 is 0 Å². The third kappa shape index (κ3) is 9.01. The second kappa shape index (κ2) is 13.7. The highest BCUT2D eigenvalue weighted by Crippen LogP contribution is 2.21. The predicted octanol–water partition coefficient (Wildman–Crippen LogP) is 2.99. The molecule has 0 radical (unpaired) electrons. The molecule has 0 aliphatic carbocycles. The van der Waals surface area contributed by atoms with Gasteiger partial charge in [0.2, 0.25) is 11.8 Å². The second-order valence-electron chi connectivity index (χ2n) is 7.84. The maximum absolute atomic E-state index is 12.2. The van der Waals surface area contributed by atoms with Crippen LogP contribution in [-0.2, 0) is 22.4 Å². The van der Waals surface area contributed by atoms with Crippen LogP contribution >= 0.6 is 35.7 Å². The Bertz CT molecular complexity index is 968. The van der Waals surface area contributed by atoms with Crippen LogP contribution < -0.4 is 10.6 Å². The number of aliphatic imine (C=N–C) groups is 2. The van der Waals surface area contributed by atoms with Crippen LogP contribution in [0.5, 0.6) is 0 Å². The molecular weight excluding hydrogens is 501 g/mol. The Morgan fingerprint density at radius 2 is 1.17 bits per heavy atom. The summed E-state index contributed by atoms with van der Waals surface area (Å²) < 4.78 is 4.30. The zero-order valence-corrected chi connectivity index (χ0v) is 21.7. The van der Waals surface area contributed by atoms with E-state index >= 15 is 0 Å². The molecule has 35 heavy (non-hydrogen) atoms. The first kappa shape index (κ1) is 25.8. The molecule has 0 spiro atoms. The van der Waals surface area contributed by atoms with Crippen molar-refractivity contribution in [2.75, 3.05) is 37.9 Å². The monoisotopic (exact) mass is 528 g/mol. The van der Waals surface area contributed by atoms with Crippen LogP contribution in [0.25, 0.3) is 0 Å². The van der Waals surface area contributed by atoms with Crippen molar-refractivity contribution in [2.24, 2.45) is 9.98 Å². The molecule has 11 heteroatoms. The summed E-state index contributed by atoms with van der Waals surface area (Å²) >= 11 is 4.88. The van der Waals surface area contributed by atoms with Crippen molar-refractivity contribution in [3.8, 4) is 0 Å². The summed E-state index contributed by atoms with van der Waals surface area (Å²) in [6.07, 6.45) is 0.708. The van der Waals surface area contributed by atoms with Gasteiger partial charge in [0, 0.05) is 24.6 Å². The van der Waals surface area contributed by atoms with E-state index in [2.05, 4.69) is 29.2 Å². The van der Waals surface area contributed by atoms with Gasteiger partial charge in [0.15, 0.2) is 10.3 Å². The molecule has 4 rings (SSSR count). The number of rotatable bonds is 10. The van der Waals surface area contributed by atoms with Crippen molar-refractivity contribution >= 4 is 57.8 Å². The Morgan fingerprint density at radius 3 is 1.60 bits per heavy atom. The largest absolute Gasteiger partial charge is 0.304 e. The highest BCUT2D eigenvalue weighted by molar-refractivity contribution is 8.12. The Morgan fingerprint density at radius 1 is 0.743 bits per heavy atom. The van der Waals surface area contributed by atoms with Gasteiger partial charge in [0.1, 0.15) is 13.3 Å². The van der Waals surface area contributed by atoms with Gasteiger partial charge < -0.3 is 10.6 Å². The van der Waals surface area contributed by atoms with Gasteiger partial charge in [0.05, 0.1) is 12.8 Å². The molecular formula is C24H28N6O2S3. The van der Waals surface area contributed by atoms with E-state index in [0.29, 0.717) is 36.5 Å². The molecule has 0 bridgehead atoms. The fourth-order valence-electron chi connectivity index (χ4n) is 3.33. The molecule has 0 saturated carbocycles. The number of nitrogens with one attached hydrogen (secondary N) is 2. The van der Waals surface area contributed by atoms with Crippen molar-refractivity contribution in [3.63, 3.8) is 0 Å². The molecule has 2 aromatic rings. The zero-order chi connectivity index (χ0) is 24.3. The Hall–Kier alpha value is -2.31. The van der Waals surface area contributed by atoms with Crippen LogP contribution in [0.3, 0.4) is 0 Å². The average molecular weight is 529 g/mol. The Labute approximate surface area is 218 Å². The van der Waals surface area contributed by atoms with E-state index in [1.54, 1.807) is 0 Å². The van der Waals surface area contributed by atoms with Crippen molar-refractivity contribution in [1.82, 2.24) is 19.2 Å². The van der Waals surface area contributed by atoms with Crippen LogP contribution in [0.1, 0.15) is 11.1 Å². The minimum atomic E-state index is -0.0420. The first-order valence-electron chi connectivity index (χ1n) is 11.3. The Kier molecular flexibility index (Phi) is 10.1. The van der Waals surface area contributed by atoms with Gasteiger partial charge in [-0.25, -0.2) is 18.6 Å². The van der Waals surface area contributed by atoms with Crippen molar-refractivity contribution in [2.45, 2.75) is 12.8 Å². The van der Waals surface area contributed by atoms with Crippen molar-refractivity contribution < 1.29 is 9.59 Å². The van der Waals surface area contributed by atoms with Crippen LogP contribution in [0.4, 0.5) is 0 Å². The first-order chi connectivity index (χ1) is 17.1. The zero-order valence-electron chi connectivity index (χ0n) is 19.3. The van der Waals surface area contributed by atoms with Crippen LogP contribution in [0.15, 0.2) is 70.6 Å². The molecule has 2 aliphatic rings. The summed E-state index contributed by atoms with van der Waals surface area (Å²) in [5, 5.41) is 7.14. The standard InChI is InChI=1S/C24H28N6O2S3/c31-21(15-19-7-3-1-4-8-19)27-23-25-17-29(34-23)11-13-33-14-12-30-18-26-24(35-30)28-22(32)16-20-9-5-2-6-10-20/h1-10H,11-18H2,(H,25,27,31)(H,26,28,32). The van der Waals surface area contributed by atoms with E-state index in [1.807, 2.05) is 72.4 Å². The molecule has 2 aliphatic heterocycles. The highest BCUT2D eigenvalue weighted by atomic mass is 32.2. The number of hydrogen-bond acceptors (Lipinski definition) is 9. The number of benzene rings is 2. The maximum atomic E-state index is 12.2. The number of amidine groups is 2.